The van der Waals surface area contributed by atoms with Gasteiger partial charge in [-0.3, -0.25) is 4.79 Å². The van der Waals surface area contributed by atoms with Crippen LogP contribution in [0.25, 0.3) is 0 Å². The summed E-state index contributed by atoms with van der Waals surface area (Å²) in [4.78, 5) is 10.3. The lowest BCUT2D eigenvalue weighted by Gasteiger charge is -1.95. The maximum atomic E-state index is 10.3. The summed E-state index contributed by atoms with van der Waals surface area (Å²) in [6.07, 6.45) is 14.5. The molecule has 0 aromatic heterocycles. The van der Waals surface area contributed by atoms with Gasteiger partial charge in [0.15, 0.2) is 0 Å². The fraction of sp³-hybridized carbons (Fsp3) is 0.800. The van der Waals surface area contributed by atoms with Crippen LogP contribution >= 0.6 is 0 Å². The molecule has 0 bridgehead atoms. The summed E-state index contributed by atoms with van der Waals surface area (Å²) in [6.45, 7) is 2.23. The molecule has 1 rings (SSSR count). The number of allylic oxidation sites excluding steroid dienone is 1. The Kier molecular flexibility index (Phi) is 7.74. The molecule has 1 fully saturated rings. The minimum absolute atomic E-state index is 0.258. The van der Waals surface area contributed by atoms with E-state index in [4.69, 9.17) is 9.84 Å². The Morgan fingerprint density at radius 1 is 1.22 bits per heavy atom. The summed E-state index contributed by atoms with van der Waals surface area (Å²) in [7, 11) is 0. The summed E-state index contributed by atoms with van der Waals surface area (Å²) in [5.74, 6) is -0.713. The monoisotopic (exact) mass is 254 g/mol. The van der Waals surface area contributed by atoms with E-state index in [0.717, 1.165) is 19.3 Å². The zero-order chi connectivity index (χ0) is 13.2. The van der Waals surface area contributed by atoms with E-state index in [1.807, 2.05) is 0 Å². The second-order valence-electron chi connectivity index (χ2n) is 5.06. The Balaban J connectivity index is 1.90. The molecule has 0 aliphatic carbocycles. The molecule has 0 aromatic rings. The zero-order valence-electron chi connectivity index (χ0n) is 11.4. The van der Waals surface area contributed by atoms with Crippen molar-refractivity contribution in [3.63, 3.8) is 0 Å². The molecule has 1 N–H and O–H groups in total. The molecular weight excluding hydrogens is 228 g/mol. The van der Waals surface area contributed by atoms with Crippen molar-refractivity contribution in [2.24, 2.45) is 0 Å². The van der Waals surface area contributed by atoms with Crippen LogP contribution in [0.2, 0.25) is 0 Å². The topological polar surface area (TPSA) is 49.8 Å². The van der Waals surface area contributed by atoms with E-state index in [1.165, 1.54) is 32.1 Å². The van der Waals surface area contributed by atoms with Crippen LogP contribution in [0, 0.1) is 0 Å². The van der Waals surface area contributed by atoms with Gasteiger partial charge in [0, 0.05) is 6.42 Å². The highest BCUT2D eigenvalue weighted by atomic mass is 16.6. The quantitative estimate of drug-likeness (QED) is 0.345. The number of rotatable bonds is 11. The Morgan fingerprint density at radius 2 is 2.00 bits per heavy atom. The normalized spacial score (nSPS) is 22.5. The van der Waals surface area contributed by atoms with E-state index in [-0.39, 0.29) is 18.6 Å². The minimum atomic E-state index is -0.713. The number of ether oxygens (including phenoxy) is 1. The number of hydrogen-bond donors (Lipinski definition) is 1. The van der Waals surface area contributed by atoms with Gasteiger partial charge in [0.1, 0.15) is 6.10 Å². The molecule has 0 aromatic carbocycles. The molecule has 0 spiro atoms. The van der Waals surface area contributed by atoms with Crippen LogP contribution in [-0.4, -0.2) is 23.3 Å². The lowest BCUT2D eigenvalue weighted by molar-refractivity contribution is -0.137. The van der Waals surface area contributed by atoms with Gasteiger partial charge in [-0.2, -0.15) is 0 Å². The van der Waals surface area contributed by atoms with Crippen LogP contribution in [-0.2, 0) is 9.53 Å². The van der Waals surface area contributed by atoms with Crippen LogP contribution in [0.3, 0.4) is 0 Å². The van der Waals surface area contributed by atoms with E-state index in [9.17, 15) is 4.79 Å². The molecular formula is C15H26O3. The Morgan fingerprint density at radius 3 is 2.72 bits per heavy atom. The van der Waals surface area contributed by atoms with E-state index in [1.54, 1.807) is 0 Å². The first-order valence-electron chi connectivity index (χ1n) is 7.28. The first kappa shape index (κ1) is 15.2. The third-order valence-electron chi connectivity index (χ3n) is 3.30. The first-order valence-corrected chi connectivity index (χ1v) is 7.28. The van der Waals surface area contributed by atoms with Gasteiger partial charge in [-0.1, -0.05) is 44.8 Å². The molecule has 3 nitrogen and oxygen atoms in total. The maximum absolute atomic E-state index is 10.3. The Labute approximate surface area is 110 Å². The Hall–Kier alpha value is -0.830. The van der Waals surface area contributed by atoms with Crippen LogP contribution < -0.4 is 0 Å². The third-order valence-corrected chi connectivity index (χ3v) is 3.30. The van der Waals surface area contributed by atoms with Crippen molar-refractivity contribution in [2.45, 2.75) is 76.9 Å². The van der Waals surface area contributed by atoms with Gasteiger partial charge in [0.25, 0.3) is 0 Å². The smallest absolute Gasteiger partial charge is 0.303 e. The second-order valence-corrected chi connectivity index (χ2v) is 5.06. The Bertz CT molecular complexity index is 260. The van der Waals surface area contributed by atoms with Crippen molar-refractivity contribution in [2.75, 3.05) is 0 Å². The molecule has 0 amide bonds. The minimum Gasteiger partial charge on any atom is -0.481 e. The van der Waals surface area contributed by atoms with Gasteiger partial charge < -0.3 is 9.84 Å². The molecule has 0 saturated carbocycles. The molecule has 0 radical (unpaired) electrons. The summed E-state index contributed by atoms with van der Waals surface area (Å²) in [5.41, 5.74) is 0. The van der Waals surface area contributed by atoms with Gasteiger partial charge in [-0.25, -0.2) is 0 Å². The first-order chi connectivity index (χ1) is 8.74. The van der Waals surface area contributed by atoms with Crippen molar-refractivity contribution in [3.8, 4) is 0 Å². The van der Waals surface area contributed by atoms with Gasteiger partial charge >= 0.3 is 5.97 Å². The number of epoxide rings is 1. The van der Waals surface area contributed by atoms with Crippen molar-refractivity contribution < 1.29 is 14.6 Å². The molecule has 1 aliphatic heterocycles. The van der Waals surface area contributed by atoms with Crippen LogP contribution in [0.15, 0.2) is 12.2 Å². The molecule has 1 saturated heterocycles. The summed E-state index contributed by atoms with van der Waals surface area (Å²) in [5, 5.41) is 8.52. The third kappa shape index (κ3) is 7.49. The number of aliphatic carboxylic acids is 1. The average Bonchev–Trinajstić information content (AvgIpc) is 3.06. The molecule has 3 heteroatoms. The number of carboxylic acid groups (broad SMARTS) is 1. The lowest BCUT2D eigenvalue weighted by atomic mass is 10.1. The standard InChI is InChI=1S/C15H26O3/c1-2-3-4-5-6-7-8-10-13-14(18-13)11-9-12-15(16)17/h8,10,13-14H,2-7,9,11-12H2,1H3,(H,16,17)/b10-8+. The molecule has 104 valence electrons. The fourth-order valence-electron chi connectivity index (χ4n) is 2.11. The highest BCUT2D eigenvalue weighted by Crippen LogP contribution is 2.28. The van der Waals surface area contributed by atoms with Gasteiger partial charge in [-0.15, -0.1) is 0 Å². The highest BCUT2D eigenvalue weighted by molar-refractivity contribution is 5.66. The largest absolute Gasteiger partial charge is 0.481 e. The van der Waals surface area contributed by atoms with Crippen molar-refractivity contribution in [3.05, 3.63) is 12.2 Å². The van der Waals surface area contributed by atoms with E-state index >= 15 is 0 Å². The predicted octanol–water partition coefficient (Wildman–Crippen LogP) is 3.93. The second kappa shape index (κ2) is 9.15. The number of carboxylic acids is 1. The van der Waals surface area contributed by atoms with E-state index in [0.29, 0.717) is 0 Å². The van der Waals surface area contributed by atoms with Crippen LogP contribution in [0.1, 0.15) is 64.7 Å². The predicted molar refractivity (Wildman–Crippen MR) is 72.7 cm³/mol. The SMILES string of the molecule is CCCCCCC/C=C/C1OC1CCCC(=O)O. The summed E-state index contributed by atoms with van der Waals surface area (Å²) < 4.78 is 5.46. The van der Waals surface area contributed by atoms with Gasteiger partial charge in [0.2, 0.25) is 0 Å². The molecule has 2 atom stereocenters. The van der Waals surface area contributed by atoms with Gasteiger partial charge in [-0.05, 0) is 25.7 Å². The summed E-state index contributed by atoms with van der Waals surface area (Å²) >= 11 is 0. The molecule has 2 unspecified atom stereocenters. The zero-order valence-corrected chi connectivity index (χ0v) is 11.4. The van der Waals surface area contributed by atoms with Gasteiger partial charge in [0.05, 0.1) is 6.10 Å². The van der Waals surface area contributed by atoms with Crippen LogP contribution in [0.4, 0.5) is 0 Å². The summed E-state index contributed by atoms with van der Waals surface area (Å²) in [6, 6.07) is 0. The average molecular weight is 254 g/mol. The van der Waals surface area contributed by atoms with Crippen LogP contribution in [0.5, 0.6) is 0 Å². The molecule has 1 aliphatic rings. The fourth-order valence-corrected chi connectivity index (χ4v) is 2.11. The highest BCUT2D eigenvalue weighted by Gasteiger charge is 2.35. The maximum Gasteiger partial charge on any atom is 0.303 e. The van der Waals surface area contributed by atoms with Crippen molar-refractivity contribution in [1.82, 2.24) is 0 Å². The van der Waals surface area contributed by atoms with E-state index < -0.39 is 5.97 Å². The van der Waals surface area contributed by atoms with E-state index in [2.05, 4.69) is 19.1 Å². The van der Waals surface area contributed by atoms with Crippen molar-refractivity contribution in [1.29, 1.82) is 0 Å². The number of hydrogen-bond acceptors (Lipinski definition) is 2. The molecule has 18 heavy (non-hydrogen) atoms. The number of unbranched alkanes of at least 4 members (excludes halogenated alkanes) is 5. The lowest BCUT2D eigenvalue weighted by Crippen LogP contribution is -1.97. The number of carbonyl (C=O) groups is 1. The van der Waals surface area contributed by atoms with Crippen molar-refractivity contribution >= 4 is 5.97 Å². The molecule has 1 heterocycles.